The van der Waals surface area contributed by atoms with Gasteiger partial charge in [0.25, 0.3) is 0 Å². The second kappa shape index (κ2) is 15.6. The number of carbonyl (C=O) groups is 4. The molecule has 1 heterocycles. The van der Waals surface area contributed by atoms with Crippen LogP contribution in [-0.4, -0.2) is 73.3 Å². The fraction of sp³-hybridized carbons (Fsp3) is 0.484. The lowest BCUT2D eigenvalue weighted by atomic mass is 10.0. The van der Waals surface area contributed by atoms with Gasteiger partial charge in [-0.3, -0.25) is 9.59 Å². The molecule has 1 fully saturated rings. The first-order valence-corrected chi connectivity index (χ1v) is 14.2. The molecule has 2 atom stereocenters. The van der Waals surface area contributed by atoms with Gasteiger partial charge >= 0.3 is 12.2 Å². The van der Waals surface area contributed by atoms with E-state index in [1.807, 2.05) is 42.5 Å². The maximum absolute atomic E-state index is 13.9. The molecule has 2 aromatic rings. The van der Waals surface area contributed by atoms with Gasteiger partial charge in [0.1, 0.15) is 30.0 Å². The quantitative estimate of drug-likeness (QED) is 0.326. The fourth-order valence-corrected chi connectivity index (χ4v) is 4.54. The van der Waals surface area contributed by atoms with Gasteiger partial charge in [-0.15, -0.1) is 0 Å². The van der Waals surface area contributed by atoms with E-state index in [9.17, 15) is 19.2 Å². The number of nitrogens with one attached hydrogen (secondary N) is 3. The van der Waals surface area contributed by atoms with Crippen molar-refractivity contribution in [2.75, 3.05) is 26.7 Å². The predicted molar refractivity (Wildman–Crippen MR) is 157 cm³/mol. The Morgan fingerprint density at radius 2 is 1.71 bits per heavy atom. The molecule has 42 heavy (non-hydrogen) atoms. The molecule has 2 unspecified atom stereocenters. The average molecular weight is 583 g/mol. The number of hydrogen-bond donors (Lipinski definition) is 3. The molecule has 228 valence electrons. The van der Waals surface area contributed by atoms with E-state index in [1.54, 1.807) is 40.0 Å². The Balaban J connectivity index is 1.65. The van der Waals surface area contributed by atoms with Crippen molar-refractivity contribution in [3.63, 3.8) is 0 Å². The van der Waals surface area contributed by atoms with E-state index in [1.165, 1.54) is 4.90 Å². The molecule has 1 saturated heterocycles. The minimum absolute atomic E-state index is 0.0577. The van der Waals surface area contributed by atoms with Gasteiger partial charge in [0.05, 0.1) is 7.11 Å². The summed E-state index contributed by atoms with van der Waals surface area (Å²) in [6.07, 6.45) is 0.575. The van der Waals surface area contributed by atoms with Crippen molar-refractivity contribution in [2.45, 2.75) is 70.7 Å². The number of piperazine rings is 1. The highest BCUT2D eigenvalue weighted by atomic mass is 16.6. The Bertz CT molecular complexity index is 1180. The number of carbonyl (C=O) groups excluding carboxylic acids is 4. The molecular formula is C31H42N4O7. The van der Waals surface area contributed by atoms with E-state index in [-0.39, 0.29) is 24.8 Å². The number of unbranched alkanes of at least 4 members (excludes halogenated alkanes) is 1. The summed E-state index contributed by atoms with van der Waals surface area (Å²) in [5.74, 6) is 0.0598. The second-order valence-electron chi connectivity index (χ2n) is 11.1. The van der Waals surface area contributed by atoms with Crippen LogP contribution in [0.2, 0.25) is 0 Å². The zero-order chi connectivity index (χ0) is 30.5. The number of ether oxygens (including phenoxy) is 3. The summed E-state index contributed by atoms with van der Waals surface area (Å²) >= 11 is 0. The largest absolute Gasteiger partial charge is 0.497 e. The number of nitrogens with zero attached hydrogens (tertiary/aromatic N) is 1. The number of alkyl carbamates (subject to hydrolysis) is 2. The Hall–Kier alpha value is -4.28. The first-order chi connectivity index (χ1) is 20.1. The minimum atomic E-state index is -0.955. The average Bonchev–Trinajstić information content (AvgIpc) is 2.96. The number of methoxy groups -OCH3 is 1. The van der Waals surface area contributed by atoms with E-state index in [0.29, 0.717) is 44.6 Å². The molecule has 1 aliphatic heterocycles. The number of amides is 4. The highest BCUT2D eigenvalue weighted by Crippen LogP contribution is 2.18. The molecule has 0 saturated carbocycles. The number of hydrogen-bond acceptors (Lipinski definition) is 7. The monoisotopic (exact) mass is 582 g/mol. The molecule has 11 nitrogen and oxygen atoms in total. The lowest BCUT2D eigenvalue weighted by Gasteiger charge is -2.37. The van der Waals surface area contributed by atoms with Crippen LogP contribution in [0.3, 0.4) is 0 Å². The third-order valence-electron chi connectivity index (χ3n) is 6.59. The highest BCUT2D eigenvalue weighted by Gasteiger charge is 2.36. The zero-order valence-electron chi connectivity index (χ0n) is 24.8. The normalized spacial score (nSPS) is 15.7. The Labute approximate surface area is 247 Å². The standard InChI is InChI=1S/C31H42N4O7/c1-31(2,3)42-29(38)33-17-9-8-12-26-27(36)32-18-19-35(26)28(37)25(20-22-13-15-24(40-4)16-14-22)34-30(39)41-21-23-10-6-5-7-11-23/h5-7,10-11,13-16,25-26H,8-9,12,17-21H2,1-4H3,(H,32,36)(H,33,38)(H,34,39). The maximum Gasteiger partial charge on any atom is 0.408 e. The van der Waals surface area contributed by atoms with Crippen LogP contribution in [0.5, 0.6) is 5.75 Å². The van der Waals surface area contributed by atoms with E-state index in [0.717, 1.165) is 11.1 Å². The topological polar surface area (TPSA) is 135 Å². The Morgan fingerprint density at radius 3 is 2.38 bits per heavy atom. The van der Waals surface area contributed by atoms with Crippen LogP contribution in [0.4, 0.5) is 9.59 Å². The van der Waals surface area contributed by atoms with Crippen molar-refractivity contribution in [1.29, 1.82) is 0 Å². The molecule has 0 bridgehead atoms. The van der Waals surface area contributed by atoms with Gasteiger partial charge in [-0.05, 0) is 63.3 Å². The number of rotatable bonds is 12. The van der Waals surface area contributed by atoms with Crippen molar-refractivity contribution in [3.05, 3.63) is 65.7 Å². The van der Waals surface area contributed by atoms with Crippen molar-refractivity contribution in [2.24, 2.45) is 0 Å². The van der Waals surface area contributed by atoms with Gasteiger partial charge < -0.3 is 35.1 Å². The third kappa shape index (κ3) is 10.6. The van der Waals surface area contributed by atoms with Gasteiger partial charge in [-0.1, -0.05) is 42.5 Å². The van der Waals surface area contributed by atoms with Gasteiger partial charge in [0, 0.05) is 26.1 Å². The van der Waals surface area contributed by atoms with Crippen molar-refractivity contribution < 1.29 is 33.4 Å². The molecule has 3 rings (SSSR count). The fourth-order valence-electron chi connectivity index (χ4n) is 4.54. The summed E-state index contributed by atoms with van der Waals surface area (Å²) in [4.78, 5) is 52.9. The predicted octanol–water partition coefficient (Wildman–Crippen LogP) is 3.55. The van der Waals surface area contributed by atoms with Gasteiger partial charge in [0.2, 0.25) is 11.8 Å². The van der Waals surface area contributed by atoms with Gasteiger partial charge in [-0.2, -0.15) is 0 Å². The van der Waals surface area contributed by atoms with Crippen LogP contribution in [0.1, 0.15) is 51.2 Å². The molecule has 3 N–H and O–H groups in total. The summed E-state index contributed by atoms with van der Waals surface area (Å²) in [5, 5.41) is 8.27. The van der Waals surface area contributed by atoms with Crippen LogP contribution in [0.15, 0.2) is 54.6 Å². The summed E-state index contributed by atoms with van der Waals surface area (Å²) in [5.41, 5.74) is 1.04. The van der Waals surface area contributed by atoms with Crippen LogP contribution >= 0.6 is 0 Å². The van der Waals surface area contributed by atoms with Crippen molar-refractivity contribution in [1.82, 2.24) is 20.9 Å². The highest BCUT2D eigenvalue weighted by molar-refractivity contribution is 5.92. The molecule has 1 aliphatic rings. The van der Waals surface area contributed by atoms with E-state index in [4.69, 9.17) is 14.2 Å². The molecule has 0 aromatic heterocycles. The lowest BCUT2D eigenvalue weighted by molar-refractivity contribution is -0.145. The van der Waals surface area contributed by atoms with Crippen molar-refractivity contribution in [3.8, 4) is 5.75 Å². The van der Waals surface area contributed by atoms with Gasteiger partial charge in [0.15, 0.2) is 0 Å². The summed E-state index contributed by atoms with van der Waals surface area (Å²) in [6.45, 7) is 6.44. The summed E-state index contributed by atoms with van der Waals surface area (Å²) in [7, 11) is 1.57. The van der Waals surface area contributed by atoms with E-state index < -0.39 is 29.9 Å². The van der Waals surface area contributed by atoms with Crippen molar-refractivity contribution >= 4 is 24.0 Å². The van der Waals surface area contributed by atoms with Crippen LogP contribution in [-0.2, 0) is 32.1 Å². The minimum Gasteiger partial charge on any atom is -0.497 e. The Morgan fingerprint density at radius 1 is 1.00 bits per heavy atom. The SMILES string of the molecule is COc1ccc(CC(NC(=O)OCc2ccccc2)C(=O)N2CCNC(=O)C2CCCCNC(=O)OC(C)(C)C)cc1. The summed E-state index contributed by atoms with van der Waals surface area (Å²) in [6, 6.07) is 14.8. The first-order valence-electron chi connectivity index (χ1n) is 14.2. The second-order valence-corrected chi connectivity index (χ2v) is 11.1. The molecule has 11 heteroatoms. The molecule has 2 aromatic carbocycles. The molecule has 0 aliphatic carbocycles. The molecule has 4 amide bonds. The Kier molecular flexibility index (Phi) is 12.0. The third-order valence-corrected chi connectivity index (χ3v) is 6.59. The molecular weight excluding hydrogens is 540 g/mol. The van der Waals surface area contributed by atoms with Gasteiger partial charge in [-0.25, -0.2) is 9.59 Å². The number of benzene rings is 2. The smallest absolute Gasteiger partial charge is 0.408 e. The summed E-state index contributed by atoms with van der Waals surface area (Å²) < 4.78 is 15.9. The van der Waals surface area contributed by atoms with Crippen LogP contribution in [0.25, 0.3) is 0 Å². The molecule has 0 spiro atoms. The van der Waals surface area contributed by atoms with Crippen LogP contribution < -0.4 is 20.7 Å². The van der Waals surface area contributed by atoms with E-state index >= 15 is 0 Å². The van der Waals surface area contributed by atoms with Crippen LogP contribution in [0, 0.1) is 0 Å². The lowest BCUT2D eigenvalue weighted by Crippen LogP contribution is -2.61. The molecule has 0 radical (unpaired) electrons. The van der Waals surface area contributed by atoms with E-state index in [2.05, 4.69) is 16.0 Å². The first kappa shape index (κ1) is 32.2. The zero-order valence-corrected chi connectivity index (χ0v) is 24.8. The maximum atomic E-state index is 13.9.